The Morgan fingerprint density at radius 2 is 2.00 bits per heavy atom. The fourth-order valence-corrected chi connectivity index (χ4v) is 1.72. The number of aliphatic carboxylic acids is 1. The highest BCUT2D eigenvalue weighted by Gasteiger charge is 2.21. The molecule has 5 heteroatoms. The first-order chi connectivity index (χ1) is 8.22. The van der Waals surface area contributed by atoms with Gasteiger partial charge in [0.1, 0.15) is 5.92 Å². The van der Waals surface area contributed by atoms with Crippen molar-refractivity contribution in [1.29, 1.82) is 0 Å². The number of hydrogen-bond acceptors (Lipinski definition) is 4. The molecule has 0 amide bonds. The Morgan fingerprint density at radius 3 is 2.65 bits per heavy atom. The minimum absolute atomic E-state index is 0.436. The standard InChI is InChI=1S/C12H14O5/c13-7-9(12(14)15)8-2-3-10-11(6-8)17-5-1-4-16-10/h2-3,6,9,13H,1,4-5,7H2,(H,14,15). The molecule has 0 spiro atoms. The molecule has 5 nitrogen and oxygen atoms in total. The number of hydrogen-bond donors (Lipinski definition) is 2. The number of fused-ring (bicyclic) bond motifs is 1. The molecule has 92 valence electrons. The van der Waals surface area contributed by atoms with Crippen molar-refractivity contribution in [2.75, 3.05) is 19.8 Å². The van der Waals surface area contributed by atoms with Gasteiger partial charge in [-0.2, -0.15) is 0 Å². The molecule has 1 aromatic carbocycles. The van der Waals surface area contributed by atoms with Crippen molar-refractivity contribution in [3.05, 3.63) is 23.8 Å². The van der Waals surface area contributed by atoms with Crippen molar-refractivity contribution >= 4 is 5.97 Å². The molecule has 0 radical (unpaired) electrons. The lowest BCUT2D eigenvalue weighted by molar-refractivity contribution is -0.139. The summed E-state index contributed by atoms with van der Waals surface area (Å²) in [5.74, 6) is -0.817. The largest absolute Gasteiger partial charge is 0.490 e. The van der Waals surface area contributed by atoms with Crippen LogP contribution in [0.25, 0.3) is 0 Å². The van der Waals surface area contributed by atoms with Crippen LogP contribution in [0.1, 0.15) is 17.9 Å². The molecule has 2 rings (SSSR count). The number of benzene rings is 1. The lowest BCUT2D eigenvalue weighted by atomic mass is 10.00. The molecule has 0 fully saturated rings. The highest BCUT2D eigenvalue weighted by molar-refractivity contribution is 5.76. The summed E-state index contributed by atoms with van der Waals surface area (Å²) in [6.45, 7) is 0.705. The van der Waals surface area contributed by atoms with Gasteiger partial charge < -0.3 is 19.7 Å². The molecule has 1 aliphatic heterocycles. The fraction of sp³-hybridized carbons (Fsp3) is 0.417. The number of carboxylic acid groups (broad SMARTS) is 1. The minimum atomic E-state index is -1.05. The third-order valence-electron chi connectivity index (χ3n) is 2.65. The fourth-order valence-electron chi connectivity index (χ4n) is 1.72. The van der Waals surface area contributed by atoms with Gasteiger partial charge in [0.2, 0.25) is 0 Å². The van der Waals surface area contributed by atoms with E-state index in [-0.39, 0.29) is 0 Å². The Kier molecular flexibility index (Phi) is 3.49. The van der Waals surface area contributed by atoms with Gasteiger partial charge in [0.25, 0.3) is 0 Å². The van der Waals surface area contributed by atoms with Gasteiger partial charge in [-0.25, -0.2) is 0 Å². The Hall–Kier alpha value is -1.75. The van der Waals surface area contributed by atoms with Gasteiger partial charge >= 0.3 is 5.97 Å². The van der Waals surface area contributed by atoms with E-state index in [0.29, 0.717) is 30.3 Å². The smallest absolute Gasteiger partial charge is 0.313 e. The maximum absolute atomic E-state index is 10.9. The lowest BCUT2D eigenvalue weighted by Gasteiger charge is -2.13. The van der Waals surface area contributed by atoms with Crippen LogP contribution in [0, 0.1) is 0 Å². The molecule has 0 saturated heterocycles. The average Bonchev–Trinajstić information content (AvgIpc) is 2.54. The minimum Gasteiger partial charge on any atom is -0.490 e. The predicted octanol–water partition coefficient (Wildman–Crippen LogP) is 1.01. The Morgan fingerprint density at radius 1 is 1.29 bits per heavy atom. The SMILES string of the molecule is O=C(O)C(CO)c1ccc2c(c1)OCCCO2. The van der Waals surface area contributed by atoms with E-state index in [1.807, 2.05) is 0 Å². The molecule has 0 aliphatic carbocycles. The number of aliphatic hydroxyl groups excluding tert-OH is 1. The van der Waals surface area contributed by atoms with Crippen LogP contribution < -0.4 is 9.47 Å². The van der Waals surface area contributed by atoms with Gasteiger partial charge in [0, 0.05) is 6.42 Å². The first-order valence-electron chi connectivity index (χ1n) is 5.45. The van der Waals surface area contributed by atoms with Crippen LogP contribution in [0.5, 0.6) is 11.5 Å². The summed E-state index contributed by atoms with van der Waals surface area (Å²) in [5.41, 5.74) is 0.518. The van der Waals surface area contributed by atoms with Crippen molar-refractivity contribution in [3.63, 3.8) is 0 Å². The summed E-state index contributed by atoms with van der Waals surface area (Å²) >= 11 is 0. The van der Waals surface area contributed by atoms with Gasteiger partial charge in [0.15, 0.2) is 11.5 Å². The Balaban J connectivity index is 2.31. The normalized spacial score (nSPS) is 16.1. The van der Waals surface area contributed by atoms with Crippen molar-refractivity contribution in [2.45, 2.75) is 12.3 Å². The van der Waals surface area contributed by atoms with Crippen LogP contribution in [0.2, 0.25) is 0 Å². The topological polar surface area (TPSA) is 76.0 Å². The summed E-state index contributed by atoms with van der Waals surface area (Å²) < 4.78 is 10.9. The molecule has 1 heterocycles. The van der Waals surface area contributed by atoms with E-state index < -0.39 is 18.5 Å². The van der Waals surface area contributed by atoms with Crippen molar-refractivity contribution in [2.24, 2.45) is 0 Å². The molecular weight excluding hydrogens is 224 g/mol. The van der Waals surface area contributed by atoms with Crippen LogP contribution in [-0.4, -0.2) is 36.0 Å². The molecule has 17 heavy (non-hydrogen) atoms. The van der Waals surface area contributed by atoms with E-state index in [1.165, 1.54) is 0 Å². The summed E-state index contributed by atoms with van der Waals surface area (Å²) in [5, 5.41) is 18.0. The van der Waals surface area contributed by atoms with Crippen LogP contribution in [0.3, 0.4) is 0 Å². The maximum atomic E-state index is 10.9. The molecule has 0 bridgehead atoms. The highest BCUT2D eigenvalue weighted by Crippen LogP contribution is 2.32. The van der Waals surface area contributed by atoms with Gasteiger partial charge in [0.05, 0.1) is 19.8 Å². The first kappa shape index (κ1) is 11.7. The first-order valence-corrected chi connectivity index (χ1v) is 5.45. The number of rotatable bonds is 3. The quantitative estimate of drug-likeness (QED) is 0.821. The molecule has 0 saturated carbocycles. The van der Waals surface area contributed by atoms with E-state index >= 15 is 0 Å². The molecule has 2 N–H and O–H groups in total. The summed E-state index contributed by atoms with van der Waals surface area (Å²) in [7, 11) is 0. The zero-order valence-corrected chi connectivity index (χ0v) is 9.26. The zero-order chi connectivity index (χ0) is 12.3. The van der Waals surface area contributed by atoms with Crippen LogP contribution in [0.15, 0.2) is 18.2 Å². The number of carbonyl (C=O) groups is 1. The third-order valence-corrected chi connectivity index (χ3v) is 2.65. The summed E-state index contributed by atoms with van der Waals surface area (Å²) in [6, 6.07) is 4.94. The van der Waals surface area contributed by atoms with E-state index in [4.69, 9.17) is 19.7 Å². The summed E-state index contributed by atoms with van der Waals surface area (Å²) in [4.78, 5) is 10.9. The number of aliphatic hydroxyl groups is 1. The van der Waals surface area contributed by atoms with Gasteiger partial charge in [-0.3, -0.25) is 4.79 Å². The third kappa shape index (κ3) is 2.50. The Labute approximate surface area is 98.6 Å². The van der Waals surface area contributed by atoms with Gasteiger partial charge in [-0.05, 0) is 17.7 Å². The van der Waals surface area contributed by atoms with E-state index in [0.717, 1.165) is 6.42 Å². The van der Waals surface area contributed by atoms with Gasteiger partial charge in [-0.1, -0.05) is 6.07 Å². The lowest BCUT2D eigenvalue weighted by Crippen LogP contribution is -2.15. The van der Waals surface area contributed by atoms with Crippen LogP contribution >= 0.6 is 0 Å². The van der Waals surface area contributed by atoms with Crippen molar-refractivity contribution in [3.8, 4) is 11.5 Å². The Bertz CT molecular complexity index is 415. The van der Waals surface area contributed by atoms with E-state index in [2.05, 4.69) is 0 Å². The van der Waals surface area contributed by atoms with Crippen LogP contribution in [0.4, 0.5) is 0 Å². The second-order valence-corrected chi connectivity index (χ2v) is 3.83. The van der Waals surface area contributed by atoms with Crippen molar-refractivity contribution < 1.29 is 24.5 Å². The maximum Gasteiger partial charge on any atom is 0.313 e. The number of ether oxygens (including phenoxy) is 2. The van der Waals surface area contributed by atoms with Crippen molar-refractivity contribution in [1.82, 2.24) is 0 Å². The molecule has 1 atom stereocenters. The second-order valence-electron chi connectivity index (χ2n) is 3.83. The highest BCUT2D eigenvalue weighted by atomic mass is 16.5. The zero-order valence-electron chi connectivity index (χ0n) is 9.26. The number of carboxylic acids is 1. The van der Waals surface area contributed by atoms with E-state index in [9.17, 15) is 4.79 Å². The molecular formula is C12H14O5. The molecule has 0 aromatic heterocycles. The second kappa shape index (κ2) is 5.05. The predicted molar refractivity (Wildman–Crippen MR) is 59.5 cm³/mol. The molecule has 1 aromatic rings. The van der Waals surface area contributed by atoms with E-state index in [1.54, 1.807) is 18.2 Å². The monoisotopic (exact) mass is 238 g/mol. The molecule has 1 aliphatic rings. The molecule has 1 unspecified atom stereocenters. The average molecular weight is 238 g/mol. The van der Waals surface area contributed by atoms with Crippen LogP contribution in [-0.2, 0) is 4.79 Å². The van der Waals surface area contributed by atoms with Gasteiger partial charge in [-0.15, -0.1) is 0 Å². The summed E-state index contributed by atoms with van der Waals surface area (Å²) in [6.07, 6.45) is 0.798.